The molecule has 0 unspecified atom stereocenters. The van der Waals surface area contributed by atoms with Gasteiger partial charge in [0, 0.05) is 42.1 Å². The van der Waals surface area contributed by atoms with Crippen LogP contribution in [0.2, 0.25) is 0 Å². The molecular formula is C5H12N2OS. The number of nitrogens with zero attached hydrogens (tertiary/aromatic N) is 1. The molecule has 0 spiro atoms. The van der Waals surface area contributed by atoms with Crippen LogP contribution in [0.25, 0.3) is 0 Å². The monoisotopic (exact) mass is 148 g/mol. The van der Waals surface area contributed by atoms with Crippen molar-refractivity contribution in [2.24, 2.45) is 5.73 Å². The summed E-state index contributed by atoms with van der Waals surface area (Å²) in [6.07, 6.45) is 0. The van der Waals surface area contributed by atoms with Gasteiger partial charge in [0.25, 0.3) is 0 Å². The lowest BCUT2D eigenvalue weighted by molar-refractivity contribution is 0.309. The topological polar surface area (TPSA) is 46.3 Å². The zero-order chi connectivity index (χ0) is 6.69. The fourth-order valence-electron chi connectivity index (χ4n) is 0.858. The van der Waals surface area contributed by atoms with Gasteiger partial charge in [0.1, 0.15) is 0 Å². The average Bonchev–Trinajstić information content (AvgIpc) is 1.90. The largest absolute Gasteiger partial charge is 0.318 e. The third-order valence-electron chi connectivity index (χ3n) is 1.53. The van der Waals surface area contributed by atoms with Crippen molar-refractivity contribution >= 4 is 10.8 Å². The second kappa shape index (κ2) is 3.29. The van der Waals surface area contributed by atoms with E-state index >= 15 is 0 Å². The molecule has 9 heavy (non-hydrogen) atoms. The summed E-state index contributed by atoms with van der Waals surface area (Å²) >= 11 is 0. The summed E-state index contributed by atoms with van der Waals surface area (Å²) in [6, 6.07) is 0. The van der Waals surface area contributed by atoms with Gasteiger partial charge in [-0.15, -0.1) is 0 Å². The molecule has 0 amide bonds. The van der Waals surface area contributed by atoms with Crippen molar-refractivity contribution in [3.63, 3.8) is 0 Å². The highest BCUT2D eigenvalue weighted by Crippen LogP contribution is 1.96. The van der Waals surface area contributed by atoms with E-state index in [-0.39, 0.29) is 0 Å². The smallest absolute Gasteiger partial charge is 0.0455 e. The predicted molar refractivity (Wildman–Crippen MR) is 38.5 cm³/mol. The Hall–Kier alpha value is 0.0700. The zero-order valence-corrected chi connectivity index (χ0v) is 6.19. The van der Waals surface area contributed by atoms with Gasteiger partial charge in [-0.25, -0.2) is 0 Å². The minimum Gasteiger partial charge on any atom is -0.318 e. The Kier molecular flexibility index (Phi) is 2.63. The third kappa shape index (κ3) is 2.04. The minimum atomic E-state index is -0.560. The Labute approximate surface area is 57.7 Å². The van der Waals surface area contributed by atoms with E-state index in [0.29, 0.717) is 6.67 Å². The normalized spacial score (nSPS) is 24.6. The Balaban J connectivity index is 2.26. The van der Waals surface area contributed by atoms with Crippen LogP contribution >= 0.6 is 0 Å². The van der Waals surface area contributed by atoms with Crippen molar-refractivity contribution in [2.75, 3.05) is 31.3 Å². The molecule has 0 radical (unpaired) electrons. The van der Waals surface area contributed by atoms with Crippen LogP contribution in [-0.2, 0) is 10.8 Å². The maximum Gasteiger partial charge on any atom is 0.0455 e. The van der Waals surface area contributed by atoms with E-state index in [2.05, 4.69) is 4.90 Å². The first-order valence-electron chi connectivity index (χ1n) is 3.10. The summed E-state index contributed by atoms with van der Waals surface area (Å²) in [6.45, 7) is 2.42. The molecule has 0 aromatic heterocycles. The summed E-state index contributed by atoms with van der Waals surface area (Å²) in [5, 5.41) is 0. The Bertz CT molecular complexity index is 108. The average molecular weight is 148 g/mol. The van der Waals surface area contributed by atoms with E-state index < -0.39 is 10.8 Å². The lowest BCUT2D eigenvalue weighted by Crippen LogP contribution is -2.40. The zero-order valence-electron chi connectivity index (χ0n) is 5.38. The molecule has 1 fully saturated rings. The van der Waals surface area contributed by atoms with Crippen LogP contribution in [0.3, 0.4) is 0 Å². The van der Waals surface area contributed by atoms with Gasteiger partial charge in [0.15, 0.2) is 0 Å². The van der Waals surface area contributed by atoms with Crippen LogP contribution in [0.5, 0.6) is 0 Å². The summed E-state index contributed by atoms with van der Waals surface area (Å²) in [5.41, 5.74) is 5.38. The molecular weight excluding hydrogens is 136 g/mol. The van der Waals surface area contributed by atoms with Crippen LogP contribution in [0, 0.1) is 0 Å². The van der Waals surface area contributed by atoms with E-state index in [0.717, 1.165) is 24.6 Å². The van der Waals surface area contributed by atoms with Gasteiger partial charge in [-0.3, -0.25) is 9.11 Å². The minimum absolute atomic E-state index is 0.560. The van der Waals surface area contributed by atoms with Gasteiger partial charge in [0.05, 0.1) is 0 Å². The first kappa shape index (κ1) is 7.18. The summed E-state index contributed by atoms with van der Waals surface area (Å²) in [7, 11) is -0.560. The maximum atomic E-state index is 10.8. The Morgan fingerprint density at radius 1 is 1.44 bits per heavy atom. The van der Waals surface area contributed by atoms with Crippen LogP contribution in [0.1, 0.15) is 0 Å². The summed E-state index contributed by atoms with van der Waals surface area (Å²) in [5.74, 6) is 1.61. The molecule has 4 heteroatoms. The van der Waals surface area contributed by atoms with E-state index in [1.165, 1.54) is 0 Å². The van der Waals surface area contributed by atoms with E-state index in [1.807, 2.05) is 0 Å². The molecule has 2 N–H and O–H groups in total. The Morgan fingerprint density at radius 3 is 2.44 bits per heavy atom. The molecule has 0 saturated carbocycles. The molecule has 1 saturated heterocycles. The number of rotatable bonds is 1. The molecule has 0 aromatic rings. The number of hydrogen-bond donors (Lipinski definition) is 1. The van der Waals surface area contributed by atoms with Crippen molar-refractivity contribution in [1.29, 1.82) is 0 Å². The second-order valence-electron chi connectivity index (χ2n) is 2.15. The molecule has 1 aliphatic rings. The van der Waals surface area contributed by atoms with E-state index in [4.69, 9.17) is 5.73 Å². The quantitative estimate of drug-likeness (QED) is 0.517. The molecule has 0 aliphatic carbocycles. The molecule has 0 bridgehead atoms. The van der Waals surface area contributed by atoms with E-state index in [9.17, 15) is 4.21 Å². The molecule has 0 atom stereocenters. The van der Waals surface area contributed by atoms with Gasteiger partial charge < -0.3 is 5.73 Å². The first-order chi connectivity index (χ1) is 4.33. The van der Waals surface area contributed by atoms with Crippen LogP contribution in [0.4, 0.5) is 0 Å². The molecule has 54 valence electrons. The van der Waals surface area contributed by atoms with E-state index in [1.54, 1.807) is 0 Å². The lowest BCUT2D eigenvalue weighted by atomic mass is 10.5. The van der Waals surface area contributed by atoms with Crippen molar-refractivity contribution in [2.45, 2.75) is 0 Å². The maximum absolute atomic E-state index is 10.8. The lowest BCUT2D eigenvalue weighted by Gasteiger charge is -2.23. The molecule has 1 heterocycles. The van der Waals surface area contributed by atoms with Gasteiger partial charge in [-0.2, -0.15) is 0 Å². The molecule has 0 aromatic carbocycles. The van der Waals surface area contributed by atoms with Crippen molar-refractivity contribution in [3.8, 4) is 0 Å². The molecule has 1 rings (SSSR count). The standard InChI is InChI=1S/C5H12N2OS/c6-5-7-1-3-9(8)4-2-7/h1-6H2. The summed E-state index contributed by atoms with van der Waals surface area (Å²) < 4.78 is 10.8. The Morgan fingerprint density at radius 2 is 2.00 bits per heavy atom. The van der Waals surface area contributed by atoms with Crippen molar-refractivity contribution in [3.05, 3.63) is 0 Å². The van der Waals surface area contributed by atoms with Gasteiger partial charge in [-0.05, 0) is 0 Å². The third-order valence-corrected chi connectivity index (χ3v) is 2.80. The fraction of sp³-hybridized carbons (Fsp3) is 1.00. The van der Waals surface area contributed by atoms with Gasteiger partial charge in [0.2, 0.25) is 0 Å². The first-order valence-corrected chi connectivity index (χ1v) is 4.59. The van der Waals surface area contributed by atoms with Crippen LogP contribution in [-0.4, -0.2) is 40.4 Å². The number of hydrogen-bond acceptors (Lipinski definition) is 3. The highest BCUT2D eigenvalue weighted by Gasteiger charge is 2.12. The fourth-order valence-corrected chi connectivity index (χ4v) is 1.99. The second-order valence-corrected chi connectivity index (χ2v) is 3.84. The van der Waals surface area contributed by atoms with Gasteiger partial charge in [-0.1, -0.05) is 0 Å². The highest BCUT2D eigenvalue weighted by molar-refractivity contribution is 7.85. The highest BCUT2D eigenvalue weighted by atomic mass is 32.2. The van der Waals surface area contributed by atoms with Crippen LogP contribution in [0.15, 0.2) is 0 Å². The van der Waals surface area contributed by atoms with Gasteiger partial charge >= 0.3 is 0 Å². The molecule has 3 nitrogen and oxygen atoms in total. The predicted octanol–water partition coefficient (Wildman–Crippen LogP) is -1.03. The SMILES string of the molecule is NCN1CCS(=O)CC1. The number of nitrogens with two attached hydrogens (primary N) is 1. The molecule has 1 aliphatic heterocycles. The van der Waals surface area contributed by atoms with Crippen LogP contribution < -0.4 is 5.73 Å². The van der Waals surface area contributed by atoms with Crippen molar-refractivity contribution in [1.82, 2.24) is 4.90 Å². The van der Waals surface area contributed by atoms with Crippen molar-refractivity contribution < 1.29 is 4.21 Å². The summed E-state index contributed by atoms with van der Waals surface area (Å²) in [4.78, 5) is 2.11.